The standard InChI is InChI=1S/C28H20N5O11S3.4Na/c1-15(34)29-24-12-13-26(47(42,43)44)20-8-9-25(28(35)27(20)24)33-32-23-11-10-22(19-7-6-18(14-21(19)23)46(39,40)41)31-30-16-2-4-17(5-3-16)45(36,37)38;;;;/h2-8,10-14,35H,1H3,(H,29,34)(H,36,37,38)(H,39,40,41)(H,42,43,44);;;;/q-1;4*+1/p-3. The fourth-order valence-electron chi connectivity index (χ4n) is 4.44. The maximum atomic E-state index is 11.8. The van der Waals surface area contributed by atoms with Crippen LogP contribution in [0, 0.1) is 6.07 Å². The molecule has 0 saturated carbocycles. The maximum absolute atomic E-state index is 11.8. The third-order valence-electron chi connectivity index (χ3n) is 6.49. The van der Waals surface area contributed by atoms with Gasteiger partial charge < -0.3 is 24.1 Å². The van der Waals surface area contributed by atoms with Gasteiger partial charge in [0.15, 0.2) is 0 Å². The number of azo groups is 2. The van der Waals surface area contributed by atoms with E-state index in [0.29, 0.717) is 0 Å². The first-order valence-electron chi connectivity index (χ1n) is 12.8. The summed E-state index contributed by atoms with van der Waals surface area (Å²) in [5.74, 6) is -1.27. The largest absolute Gasteiger partial charge is 1.00 e. The molecule has 0 fully saturated rings. The Kier molecular flexibility index (Phi) is 17.7. The third kappa shape index (κ3) is 11.4. The molecular formula is C28H17N5Na4O11S3. The van der Waals surface area contributed by atoms with Crippen LogP contribution in [0.2, 0.25) is 0 Å². The van der Waals surface area contributed by atoms with Crippen LogP contribution < -0.4 is 124 Å². The summed E-state index contributed by atoms with van der Waals surface area (Å²) in [6.07, 6.45) is 0. The van der Waals surface area contributed by atoms with E-state index < -0.39 is 56.7 Å². The summed E-state index contributed by atoms with van der Waals surface area (Å²) in [6, 6.07) is 16.3. The third-order valence-corrected chi connectivity index (χ3v) is 9.06. The minimum Gasteiger partial charge on any atom is -0.745 e. The first-order chi connectivity index (χ1) is 21.9. The number of rotatable bonds is 8. The molecule has 16 nitrogen and oxygen atoms in total. The van der Waals surface area contributed by atoms with E-state index >= 15 is 0 Å². The van der Waals surface area contributed by atoms with Gasteiger partial charge >= 0.3 is 118 Å². The summed E-state index contributed by atoms with van der Waals surface area (Å²) in [6.45, 7) is 1.17. The molecule has 2 N–H and O–H groups in total. The minimum absolute atomic E-state index is 0. The SMILES string of the molecule is CC(=O)Nc1ccc(S(=O)(=O)[O-])c2c[c-]c(N=Nc3ccc(N=Nc4ccc(S(=O)(=O)[O-])cc4)c4ccc(S(=O)(=O)[O-])cc34)c(O)c12.[Na+].[Na+].[Na+].[Na+]. The normalized spacial score (nSPS) is 11.8. The van der Waals surface area contributed by atoms with Crippen LogP contribution in [0.25, 0.3) is 21.5 Å². The van der Waals surface area contributed by atoms with Gasteiger partial charge in [-0.25, -0.2) is 25.3 Å². The van der Waals surface area contributed by atoms with E-state index in [1.54, 1.807) is 0 Å². The van der Waals surface area contributed by atoms with Crippen LogP contribution in [0.3, 0.4) is 0 Å². The number of nitrogens with one attached hydrogen (secondary N) is 1. The Morgan fingerprint density at radius 3 is 1.76 bits per heavy atom. The average molecular weight is 788 g/mol. The number of hydrogen-bond acceptors (Lipinski definition) is 15. The van der Waals surface area contributed by atoms with Crippen molar-refractivity contribution in [2.75, 3.05) is 5.32 Å². The Hall–Kier alpha value is -1.18. The van der Waals surface area contributed by atoms with Crippen molar-refractivity contribution in [2.24, 2.45) is 20.5 Å². The van der Waals surface area contributed by atoms with E-state index in [1.807, 2.05) is 0 Å². The molecule has 5 rings (SSSR count). The van der Waals surface area contributed by atoms with Gasteiger partial charge in [-0.3, -0.25) is 4.79 Å². The summed E-state index contributed by atoms with van der Waals surface area (Å²) in [5.41, 5.74) is -0.113. The molecule has 0 bridgehead atoms. The Labute approximate surface area is 380 Å². The number of aromatic hydroxyl groups is 1. The number of fused-ring (bicyclic) bond motifs is 2. The van der Waals surface area contributed by atoms with Crippen molar-refractivity contribution in [3.63, 3.8) is 0 Å². The van der Waals surface area contributed by atoms with E-state index in [4.69, 9.17) is 0 Å². The van der Waals surface area contributed by atoms with E-state index in [1.165, 1.54) is 37.3 Å². The fourth-order valence-corrected chi connectivity index (χ4v) is 6.07. The number of nitrogens with zero attached hydrogens (tertiary/aromatic N) is 4. The van der Waals surface area contributed by atoms with E-state index in [0.717, 1.165) is 42.5 Å². The Bertz CT molecular complexity index is 2520. The zero-order chi connectivity index (χ0) is 34.3. The predicted molar refractivity (Wildman–Crippen MR) is 161 cm³/mol. The number of anilines is 1. The van der Waals surface area contributed by atoms with Crippen LogP contribution in [-0.4, -0.2) is 49.9 Å². The van der Waals surface area contributed by atoms with Gasteiger partial charge in [0.1, 0.15) is 30.4 Å². The molecule has 0 spiro atoms. The van der Waals surface area contributed by atoms with Gasteiger partial charge in [0.05, 0.1) is 26.9 Å². The average Bonchev–Trinajstić information content (AvgIpc) is 2.98. The molecule has 0 heterocycles. The Morgan fingerprint density at radius 1 is 0.667 bits per heavy atom. The second kappa shape index (κ2) is 18.9. The van der Waals surface area contributed by atoms with Crippen molar-refractivity contribution in [3.05, 3.63) is 78.9 Å². The number of benzene rings is 5. The van der Waals surface area contributed by atoms with Crippen LogP contribution in [0.4, 0.5) is 28.4 Å². The van der Waals surface area contributed by atoms with Crippen molar-refractivity contribution >= 4 is 86.2 Å². The van der Waals surface area contributed by atoms with Gasteiger partial charge in [-0.05, 0) is 54.6 Å². The number of carbonyl (C=O) groups is 1. The number of phenols is 1. The summed E-state index contributed by atoms with van der Waals surface area (Å²) in [7, 11) is -14.6. The smallest absolute Gasteiger partial charge is 0.745 e. The quantitative estimate of drug-likeness (QED) is 0.0646. The monoisotopic (exact) mass is 787 g/mol. The van der Waals surface area contributed by atoms with E-state index in [9.17, 15) is 48.8 Å². The van der Waals surface area contributed by atoms with E-state index in [-0.39, 0.29) is 168 Å². The summed E-state index contributed by atoms with van der Waals surface area (Å²) in [5, 5.41) is 29.4. The molecule has 0 aliphatic carbocycles. The molecule has 51 heavy (non-hydrogen) atoms. The van der Waals surface area contributed by atoms with Gasteiger partial charge in [-0.1, -0.05) is 17.5 Å². The first-order valence-corrected chi connectivity index (χ1v) is 17.0. The van der Waals surface area contributed by atoms with Gasteiger partial charge in [0, 0.05) is 39.7 Å². The molecule has 5 aromatic rings. The molecule has 0 aliphatic rings. The summed E-state index contributed by atoms with van der Waals surface area (Å²) >= 11 is 0. The van der Waals surface area contributed by atoms with Crippen molar-refractivity contribution in [1.82, 2.24) is 0 Å². The second-order valence-electron chi connectivity index (χ2n) is 9.63. The summed E-state index contributed by atoms with van der Waals surface area (Å²) in [4.78, 5) is 9.96. The van der Waals surface area contributed by atoms with Crippen LogP contribution >= 0.6 is 0 Å². The molecule has 0 aliphatic heterocycles. The predicted octanol–water partition coefficient (Wildman–Crippen LogP) is -6.98. The Morgan fingerprint density at radius 2 is 1.22 bits per heavy atom. The van der Waals surface area contributed by atoms with Crippen molar-refractivity contribution in [1.29, 1.82) is 0 Å². The van der Waals surface area contributed by atoms with Gasteiger partial charge in [-0.15, -0.1) is 10.5 Å². The van der Waals surface area contributed by atoms with Crippen molar-refractivity contribution in [2.45, 2.75) is 21.6 Å². The topological polar surface area (TPSA) is 270 Å². The Balaban J connectivity index is 0.00000325. The van der Waals surface area contributed by atoms with E-state index in [2.05, 4.69) is 31.8 Å². The van der Waals surface area contributed by atoms with Crippen LogP contribution in [0.15, 0.2) is 108 Å². The molecule has 0 atom stereocenters. The van der Waals surface area contributed by atoms with Gasteiger partial charge in [-0.2, -0.15) is 27.5 Å². The molecule has 0 unspecified atom stereocenters. The van der Waals surface area contributed by atoms with Crippen molar-refractivity contribution in [3.8, 4) is 5.75 Å². The molecule has 0 aromatic heterocycles. The zero-order valence-corrected chi connectivity index (χ0v) is 37.9. The maximum Gasteiger partial charge on any atom is 1.00 e. The number of amides is 1. The summed E-state index contributed by atoms with van der Waals surface area (Å²) < 4.78 is 104. The molecule has 5 aromatic carbocycles. The number of carbonyl (C=O) groups excluding carboxylic acids is 1. The zero-order valence-electron chi connectivity index (χ0n) is 27.5. The second-order valence-corrected chi connectivity index (χ2v) is 13.7. The number of hydrogen-bond donors (Lipinski definition) is 2. The number of phenolic OH excluding ortho intramolecular Hbond substituents is 1. The minimum atomic E-state index is -5.01. The molecule has 0 saturated heterocycles. The van der Waals surface area contributed by atoms with Crippen molar-refractivity contribution < 1.29 is 167 Å². The molecule has 242 valence electrons. The van der Waals surface area contributed by atoms with Gasteiger partial charge in [0.2, 0.25) is 5.91 Å². The molecular weight excluding hydrogens is 770 g/mol. The van der Waals surface area contributed by atoms with Crippen LogP contribution in [0.1, 0.15) is 6.92 Å². The van der Waals surface area contributed by atoms with Crippen LogP contribution in [-0.2, 0) is 35.1 Å². The van der Waals surface area contributed by atoms with Crippen LogP contribution in [0.5, 0.6) is 5.75 Å². The first kappa shape index (κ1) is 47.8. The molecule has 0 radical (unpaired) electrons. The van der Waals surface area contributed by atoms with Gasteiger partial charge in [0.25, 0.3) is 0 Å². The molecule has 1 amide bonds. The fraction of sp³-hybridized carbons (Fsp3) is 0.0357. The molecule has 23 heteroatoms.